The standard InChI is InChI=1S/C19H20N6S2/c1-4-11-27-13(2)16-9-10-17-22-23-18(25(17)24-16)12-14-5-7-15(8-6-14)21-19(20)26-3/h4-11H,2,12H2,1,3H3,(H2,20,21)/b11-4-. The van der Waals surface area contributed by atoms with Crippen molar-refractivity contribution < 1.29 is 0 Å². The number of rotatable bonds is 6. The Kier molecular flexibility index (Phi) is 6.31. The molecule has 0 aliphatic rings. The third-order valence-corrected chi connectivity index (χ3v) is 5.12. The normalized spacial score (nSPS) is 12.1. The van der Waals surface area contributed by atoms with E-state index < -0.39 is 0 Å². The van der Waals surface area contributed by atoms with Gasteiger partial charge in [0.2, 0.25) is 0 Å². The number of hydrogen-bond donors (Lipinski definition) is 1. The average molecular weight is 397 g/mol. The highest BCUT2D eigenvalue weighted by Gasteiger charge is 2.10. The zero-order valence-corrected chi connectivity index (χ0v) is 16.8. The van der Waals surface area contributed by atoms with Crippen LogP contribution < -0.4 is 5.73 Å². The molecule has 0 fully saturated rings. The Morgan fingerprint density at radius 1 is 1.22 bits per heavy atom. The second kappa shape index (κ2) is 8.88. The number of nitrogens with zero attached hydrogens (tertiary/aromatic N) is 5. The van der Waals surface area contributed by atoms with Crippen molar-refractivity contribution in [3.05, 3.63) is 71.5 Å². The fraction of sp³-hybridized carbons (Fsp3) is 0.158. The van der Waals surface area contributed by atoms with Crippen molar-refractivity contribution in [2.45, 2.75) is 13.3 Å². The highest BCUT2D eigenvalue weighted by Crippen LogP contribution is 2.25. The topological polar surface area (TPSA) is 81.5 Å². The van der Waals surface area contributed by atoms with E-state index in [0.717, 1.165) is 27.7 Å². The van der Waals surface area contributed by atoms with Gasteiger partial charge in [0, 0.05) is 11.3 Å². The second-order valence-electron chi connectivity index (χ2n) is 5.61. The zero-order valence-electron chi connectivity index (χ0n) is 15.2. The number of allylic oxidation sites excluding steroid dienone is 1. The predicted molar refractivity (Wildman–Crippen MR) is 116 cm³/mol. The summed E-state index contributed by atoms with van der Waals surface area (Å²) in [5, 5.41) is 15.7. The van der Waals surface area contributed by atoms with Crippen LogP contribution in [0.25, 0.3) is 10.6 Å². The molecule has 8 heteroatoms. The van der Waals surface area contributed by atoms with Gasteiger partial charge in [-0.3, -0.25) is 0 Å². The fourth-order valence-corrected chi connectivity index (χ4v) is 3.07. The van der Waals surface area contributed by atoms with Gasteiger partial charge < -0.3 is 5.73 Å². The van der Waals surface area contributed by atoms with Crippen molar-refractivity contribution in [2.24, 2.45) is 10.7 Å². The molecule has 0 amide bonds. The lowest BCUT2D eigenvalue weighted by Gasteiger charge is -2.04. The summed E-state index contributed by atoms with van der Waals surface area (Å²) >= 11 is 2.96. The second-order valence-corrected chi connectivity index (χ2v) is 7.44. The van der Waals surface area contributed by atoms with Crippen LogP contribution in [0.4, 0.5) is 5.69 Å². The average Bonchev–Trinajstić information content (AvgIpc) is 3.09. The summed E-state index contributed by atoms with van der Waals surface area (Å²) in [6, 6.07) is 11.7. The fourth-order valence-electron chi connectivity index (χ4n) is 2.35. The van der Waals surface area contributed by atoms with Crippen LogP contribution in [0.2, 0.25) is 0 Å². The molecular formula is C19H20N6S2. The number of benzene rings is 1. The lowest BCUT2D eigenvalue weighted by molar-refractivity contribution is 0.832. The third kappa shape index (κ3) is 4.78. The molecule has 0 saturated carbocycles. The van der Waals surface area contributed by atoms with Crippen LogP contribution in [0.5, 0.6) is 0 Å². The van der Waals surface area contributed by atoms with Gasteiger partial charge in [0.15, 0.2) is 16.6 Å². The van der Waals surface area contributed by atoms with E-state index in [1.54, 1.807) is 16.3 Å². The Morgan fingerprint density at radius 3 is 2.70 bits per heavy atom. The SMILES string of the molecule is C=C(S/C=C\C)c1ccc2nnc(Cc3ccc(N=C(N)SC)cc3)n2n1. The van der Waals surface area contributed by atoms with E-state index in [4.69, 9.17) is 5.73 Å². The van der Waals surface area contributed by atoms with E-state index in [9.17, 15) is 0 Å². The van der Waals surface area contributed by atoms with Crippen LogP contribution in [0.3, 0.4) is 0 Å². The summed E-state index contributed by atoms with van der Waals surface area (Å²) in [6.07, 6.45) is 4.49. The molecule has 0 radical (unpaired) electrons. The number of amidine groups is 1. The molecule has 0 spiro atoms. The molecule has 1 aromatic carbocycles. The van der Waals surface area contributed by atoms with Crippen LogP contribution in [-0.2, 0) is 6.42 Å². The summed E-state index contributed by atoms with van der Waals surface area (Å²) in [5.41, 5.74) is 9.20. The Balaban J connectivity index is 1.83. The monoisotopic (exact) mass is 396 g/mol. The molecule has 0 aliphatic carbocycles. The Hall–Kier alpha value is -2.58. The minimum atomic E-state index is 0.541. The first-order valence-electron chi connectivity index (χ1n) is 8.26. The molecule has 3 aromatic rings. The first-order valence-corrected chi connectivity index (χ1v) is 10.4. The number of thioether (sulfide) groups is 2. The number of aliphatic imine (C=N–C) groups is 1. The van der Waals surface area contributed by atoms with Crippen molar-refractivity contribution in [3.63, 3.8) is 0 Å². The van der Waals surface area contributed by atoms with Crippen LogP contribution in [0.1, 0.15) is 24.0 Å². The summed E-state index contributed by atoms with van der Waals surface area (Å²) in [6.45, 7) is 6.05. The van der Waals surface area contributed by atoms with Gasteiger partial charge in [-0.1, -0.05) is 48.3 Å². The molecule has 27 heavy (non-hydrogen) atoms. The summed E-state index contributed by atoms with van der Waals surface area (Å²) in [4.78, 5) is 5.19. The van der Waals surface area contributed by atoms with Gasteiger partial charge >= 0.3 is 0 Å². The summed E-state index contributed by atoms with van der Waals surface area (Å²) in [7, 11) is 0. The van der Waals surface area contributed by atoms with Gasteiger partial charge in [0.1, 0.15) is 0 Å². The molecule has 0 unspecified atom stereocenters. The third-order valence-electron chi connectivity index (χ3n) is 3.71. The van der Waals surface area contributed by atoms with Gasteiger partial charge in [-0.2, -0.15) is 9.61 Å². The maximum Gasteiger partial charge on any atom is 0.177 e. The molecule has 0 bridgehead atoms. The molecule has 3 rings (SSSR count). The van der Waals surface area contributed by atoms with Gasteiger partial charge in [-0.05, 0) is 48.4 Å². The molecule has 2 heterocycles. The van der Waals surface area contributed by atoms with Crippen molar-refractivity contribution >= 4 is 44.9 Å². The molecule has 2 aromatic heterocycles. The van der Waals surface area contributed by atoms with E-state index in [-0.39, 0.29) is 0 Å². The summed E-state index contributed by atoms with van der Waals surface area (Å²) in [5.74, 6) is 0.774. The minimum absolute atomic E-state index is 0.541. The minimum Gasteiger partial charge on any atom is -0.378 e. The zero-order chi connectivity index (χ0) is 19.2. The smallest absolute Gasteiger partial charge is 0.177 e. The maximum absolute atomic E-state index is 5.75. The molecule has 0 atom stereocenters. The molecular weight excluding hydrogens is 376 g/mol. The first-order chi connectivity index (χ1) is 13.1. The van der Waals surface area contributed by atoms with Crippen LogP contribution in [0, 0.1) is 0 Å². The molecule has 6 nitrogen and oxygen atoms in total. The van der Waals surface area contributed by atoms with Crippen molar-refractivity contribution in [2.75, 3.05) is 6.26 Å². The summed E-state index contributed by atoms with van der Waals surface area (Å²) < 4.78 is 1.77. The number of nitrogens with two attached hydrogens (primary N) is 1. The highest BCUT2D eigenvalue weighted by atomic mass is 32.2. The molecule has 2 N–H and O–H groups in total. The van der Waals surface area contributed by atoms with Gasteiger partial charge in [0.25, 0.3) is 0 Å². The number of hydrogen-bond acceptors (Lipinski definition) is 6. The van der Waals surface area contributed by atoms with E-state index in [2.05, 4.69) is 26.9 Å². The predicted octanol–water partition coefficient (Wildman–Crippen LogP) is 4.26. The van der Waals surface area contributed by atoms with E-state index in [1.165, 1.54) is 11.8 Å². The van der Waals surface area contributed by atoms with Gasteiger partial charge in [0.05, 0.1) is 11.4 Å². The van der Waals surface area contributed by atoms with Crippen molar-refractivity contribution in [1.29, 1.82) is 0 Å². The van der Waals surface area contributed by atoms with Crippen molar-refractivity contribution in [3.8, 4) is 0 Å². The largest absolute Gasteiger partial charge is 0.378 e. The molecule has 0 saturated heterocycles. The highest BCUT2D eigenvalue weighted by molar-refractivity contribution is 8.13. The Labute approximate surface area is 166 Å². The van der Waals surface area contributed by atoms with Crippen LogP contribution >= 0.6 is 23.5 Å². The lowest BCUT2D eigenvalue weighted by atomic mass is 10.1. The van der Waals surface area contributed by atoms with Crippen LogP contribution in [0.15, 0.2) is 59.5 Å². The lowest BCUT2D eigenvalue weighted by Crippen LogP contribution is -2.04. The Morgan fingerprint density at radius 2 is 2.00 bits per heavy atom. The Bertz CT molecular complexity index is 1000. The maximum atomic E-state index is 5.75. The van der Waals surface area contributed by atoms with Crippen LogP contribution in [-0.4, -0.2) is 31.2 Å². The van der Waals surface area contributed by atoms with E-state index in [1.807, 2.05) is 61.1 Å². The number of fused-ring (bicyclic) bond motifs is 1. The molecule has 0 aliphatic heterocycles. The van der Waals surface area contributed by atoms with Crippen molar-refractivity contribution in [1.82, 2.24) is 19.8 Å². The van der Waals surface area contributed by atoms with E-state index >= 15 is 0 Å². The van der Waals surface area contributed by atoms with E-state index in [0.29, 0.717) is 17.2 Å². The first kappa shape index (κ1) is 19.2. The van der Waals surface area contributed by atoms with Gasteiger partial charge in [-0.15, -0.1) is 10.2 Å². The van der Waals surface area contributed by atoms with Gasteiger partial charge in [-0.25, -0.2) is 4.99 Å². The number of aromatic nitrogens is 4. The quantitative estimate of drug-likeness (QED) is 0.495. The molecule has 138 valence electrons.